The molecular formula is C17H17FN2O2. The lowest BCUT2D eigenvalue weighted by atomic mass is 9.99. The first-order chi connectivity index (χ1) is 10.6. The van der Waals surface area contributed by atoms with Gasteiger partial charge in [0.05, 0.1) is 0 Å². The van der Waals surface area contributed by atoms with Gasteiger partial charge in [-0.3, -0.25) is 9.59 Å². The Morgan fingerprint density at radius 3 is 2.91 bits per heavy atom. The maximum atomic E-state index is 13.2. The zero-order valence-corrected chi connectivity index (χ0v) is 12.2. The van der Waals surface area contributed by atoms with E-state index in [1.54, 1.807) is 17.0 Å². The van der Waals surface area contributed by atoms with Gasteiger partial charge in [-0.15, -0.1) is 0 Å². The summed E-state index contributed by atoms with van der Waals surface area (Å²) in [5.41, 5.74) is 1.91. The van der Waals surface area contributed by atoms with Gasteiger partial charge < -0.3 is 9.80 Å². The van der Waals surface area contributed by atoms with E-state index in [0.29, 0.717) is 26.1 Å². The van der Waals surface area contributed by atoms with Crippen LogP contribution < -0.4 is 0 Å². The molecule has 4 nitrogen and oxygen atoms in total. The van der Waals surface area contributed by atoms with Crippen LogP contribution in [0.5, 0.6) is 0 Å². The van der Waals surface area contributed by atoms with Crippen molar-refractivity contribution < 1.29 is 14.0 Å². The van der Waals surface area contributed by atoms with Crippen LogP contribution in [0.15, 0.2) is 43.0 Å². The summed E-state index contributed by atoms with van der Waals surface area (Å²) in [6.07, 6.45) is 5.42. The lowest BCUT2D eigenvalue weighted by Crippen LogP contribution is -2.48. The molecule has 3 rings (SSSR count). The number of rotatable bonds is 2. The molecule has 0 fully saturated rings. The van der Waals surface area contributed by atoms with Crippen LogP contribution in [0.3, 0.4) is 0 Å². The Bertz CT molecular complexity index is 669. The van der Waals surface area contributed by atoms with Gasteiger partial charge in [-0.05, 0) is 35.8 Å². The molecule has 2 heterocycles. The van der Waals surface area contributed by atoms with E-state index in [1.165, 1.54) is 23.1 Å². The molecule has 0 N–H and O–H groups in total. The Morgan fingerprint density at radius 2 is 2.14 bits per heavy atom. The maximum absolute atomic E-state index is 13.2. The fraction of sp³-hybridized carbons (Fsp3) is 0.294. The highest BCUT2D eigenvalue weighted by Crippen LogP contribution is 2.22. The van der Waals surface area contributed by atoms with Gasteiger partial charge >= 0.3 is 0 Å². The van der Waals surface area contributed by atoms with Gasteiger partial charge in [-0.1, -0.05) is 24.8 Å². The molecule has 22 heavy (non-hydrogen) atoms. The van der Waals surface area contributed by atoms with Crippen LogP contribution in [-0.4, -0.2) is 40.7 Å². The molecule has 0 saturated heterocycles. The normalized spacial score (nSPS) is 20.0. The first-order valence-electron chi connectivity index (χ1n) is 7.26. The summed E-state index contributed by atoms with van der Waals surface area (Å²) in [5.74, 6) is -0.596. The molecule has 1 aromatic carbocycles. The Kier molecular flexibility index (Phi) is 3.79. The summed E-state index contributed by atoms with van der Waals surface area (Å²) < 4.78 is 13.2. The van der Waals surface area contributed by atoms with Crippen LogP contribution in [0, 0.1) is 5.82 Å². The Labute approximate surface area is 128 Å². The van der Waals surface area contributed by atoms with E-state index in [0.717, 1.165) is 11.1 Å². The third kappa shape index (κ3) is 2.54. The minimum atomic E-state index is -0.563. The number of halogens is 1. The second kappa shape index (κ2) is 5.75. The topological polar surface area (TPSA) is 40.6 Å². The molecule has 0 unspecified atom stereocenters. The molecule has 2 aliphatic heterocycles. The molecule has 114 valence electrons. The van der Waals surface area contributed by atoms with E-state index in [4.69, 9.17) is 0 Å². The van der Waals surface area contributed by atoms with E-state index in [1.807, 2.05) is 6.08 Å². The van der Waals surface area contributed by atoms with Crippen LogP contribution in [-0.2, 0) is 22.6 Å². The van der Waals surface area contributed by atoms with E-state index in [-0.39, 0.29) is 17.6 Å². The zero-order chi connectivity index (χ0) is 15.7. The van der Waals surface area contributed by atoms with Crippen molar-refractivity contribution >= 4 is 11.8 Å². The predicted octanol–water partition coefficient (Wildman–Crippen LogP) is 1.66. The largest absolute Gasteiger partial charge is 0.336 e. The summed E-state index contributed by atoms with van der Waals surface area (Å²) in [4.78, 5) is 27.7. The Morgan fingerprint density at radius 1 is 1.32 bits per heavy atom. The molecule has 0 aromatic heterocycles. The van der Waals surface area contributed by atoms with E-state index in [9.17, 15) is 14.0 Å². The summed E-state index contributed by atoms with van der Waals surface area (Å²) in [5, 5.41) is 0. The summed E-state index contributed by atoms with van der Waals surface area (Å²) >= 11 is 0. The third-order valence-electron chi connectivity index (χ3n) is 4.16. The molecule has 1 aromatic rings. The number of amides is 2. The lowest BCUT2D eigenvalue weighted by Gasteiger charge is -2.33. The van der Waals surface area contributed by atoms with Crippen molar-refractivity contribution in [3.63, 3.8) is 0 Å². The SMILES string of the molecule is C=CC(=O)N1CC=C[C@H]1C(=O)N1CCc2cc(F)ccc2C1. The van der Waals surface area contributed by atoms with Gasteiger partial charge in [-0.2, -0.15) is 0 Å². The highest BCUT2D eigenvalue weighted by molar-refractivity contribution is 5.94. The molecule has 0 aliphatic carbocycles. The minimum Gasteiger partial charge on any atom is -0.336 e. The smallest absolute Gasteiger partial charge is 0.249 e. The third-order valence-corrected chi connectivity index (χ3v) is 4.16. The van der Waals surface area contributed by atoms with Crippen LogP contribution in [0.4, 0.5) is 4.39 Å². The first-order valence-corrected chi connectivity index (χ1v) is 7.26. The van der Waals surface area contributed by atoms with Gasteiger partial charge in [0.25, 0.3) is 0 Å². The number of nitrogens with zero attached hydrogens (tertiary/aromatic N) is 2. The highest BCUT2D eigenvalue weighted by atomic mass is 19.1. The van der Waals surface area contributed by atoms with Gasteiger partial charge in [0, 0.05) is 19.6 Å². The number of carbonyl (C=O) groups excluding carboxylic acids is 2. The molecule has 1 atom stereocenters. The van der Waals surface area contributed by atoms with Gasteiger partial charge in [0.1, 0.15) is 11.9 Å². The maximum Gasteiger partial charge on any atom is 0.249 e. The summed E-state index contributed by atoms with van der Waals surface area (Å²) in [6, 6.07) is 4.10. The number of hydrogen-bond donors (Lipinski definition) is 0. The van der Waals surface area contributed by atoms with Gasteiger partial charge in [-0.25, -0.2) is 4.39 Å². The number of fused-ring (bicyclic) bond motifs is 1. The van der Waals surface area contributed by atoms with Gasteiger partial charge in [0.2, 0.25) is 11.8 Å². The second-order valence-corrected chi connectivity index (χ2v) is 5.49. The first kappa shape index (κ1) is 14.5. The molecule has 0 bridgehead atoms. The monoisotopic (exact) mass is 300 g/mol. The second-order valence-electron chi connectivity index (χ2n) is 5.49. The standard InChI is InChI=1S/C17H17FN2O2/c1-2-16(21)20-8-3-4-15(20)17(22)19-9-7-12-10-14(18)6-5-13(12)11-19/h2-6,10,15H,1,7-9,11H2/t15-/m0/s1. The van der Waals surface area contributed by atoms with Crippen molar-refractivity contribution in [2.75, 3.05) is 13.1 Å². The quantitative estimate of drug-likeness (QED) is 0.616. The number of carbonyl (C=O) groups is 2. The van der Waals surface area contributed by atoms with E-state index in [2.05, 4.69) is 6.58 Å². The van der Waals surface area contributed by atoms with E-state index >= 15 is 0 Å². The molecule has 2 amide bonds. The van der Waals surface area contributed by atoms with Crippen molar-refractivity contribution in [2.45, 2.75) is 19.0 Å². The fourth-order valence-corrected chi connectivity index (χ4v) is 2.98. The molecule has 0 saturated carbocycles. The lowest BCUT2D eigenvalue weighted by molar-refractivity contribution is -0.141. The van der Waals surface area contributed by atoms with Crippen LogP contribution in [0.2, 0.25) is 0 Å². The van der Waals surface area contributed by atoms with Crippen LogP contribution in [0.1, 0.15) is 11.1 Å². The molecular weight excluding hydrogens is 283 g/mol. The van der Waals surface area contributed by atoms with Crippen LogP contribution in [0.25, 0.3) is 0 Å². The molecule has 5 heteroatoms. The van der Waals surface area contributed by atoms with Crippen molar-refractivity contribution in [3.8, 4) is 0 Å². The van der Waals surface area contributed by atoms with E-state index < -0.39 is 6.04 Å². The van der Waals surface area contributed by atoms with Gasteiger partial charge in [0.15, 0.2) is 0 Å². The summed E-state index contributed by atoms with van der Waals surface area (Å²) in [6.45, 7) is 4.89. The van der Waals surface area contributed by atoms with Crippen molar-refractivity contribution in [1.82, 2.24) is 9.80 Å². The Balaban J connectivity index is 1.76. The summed E-state index contributed by atoms with van der Waals surface area (Å²) in [7, 11) is 0. The predicted molar refractivity (Wildman–Crippen MR) is 80.4 cm³/mol. The number of hydrogen-bond acceptors (Lipinski definition) is 2. The Hall–Kier alpha value is -2.43. The van der Waals surface area contributed by atoms with Crippen molar-refractivity contribution in [2.24, 2.45) is 0 Å². The average molecular weight is 300 g/mol. The van der Waals surface area contributed by atoms with Crippen molar-refractivity contribution in [1.29, 1.82) is 0 Å². The number of benzene rings is 1. The molecule has 0 radical (unpaired) electrons. The highest BCUT2D eigenvalue weighted by Gasteiger charge is 2.33. The fourth-order valence-electron chi connectivity index (χ4n) is 2.98. The van der Waals surface area contributed by atoms with Crippen molar-refractivity contribution in [3.05, 3.63) is 60.0 Å². The average Bonchev–Trinajstić information content (AvgIpc) is 3.02. The minimum absolute atomic E-state index is 0.0982. The zero-order valence-electron chi connectivity index (χ0n) is 12.2. The molecule has 2 aliphatic rings. The molecule has 0 spiro atoms. The van der Waals surface area contributed by atoms with Crippen LogP contribution >= 0.6 is 0 Å².